The Bertz CT molecular complexity index is 477. The number of ether oxygens (including phenoxy) is 2. The minimum atomic E-state index is -0.365. The monoisotopic (exact) mass is 249 g/mol. The van der Waals surface area contributed by atoms with Gasteiger partial charge in [0, 0.05) is 5.56 Å². The smallest absolute Gasteiger partial charge is 0.310 e. The van der Waals surface area contributed by atoms with Crippen molar-refractivity contribution in [1.82, 2.24) is 0 Å². The van der Waals surface area contributed by atoms with Gasteiger partial charge in [0.15, 0.2) is 0 Å². The molecule has 1 N–H and O–H groups in total. The molecule has 0 saturated carbocycles. The topological polar surface area (TPSA) is 79.6 Å². The maximum absolute atomic E-state index is 11.4. The van der Waals surface area contributed by atoms with Crippen molar-refractivity contribution in [1.29, 1.82) is 5.26 Å². The maximum Gasteiger partial charge on any atom is 0.310 e. The Morgan fingerprint density at radius 1 is 1.50 bits per heavy atom. The third-order valence-electron chi connectivity index (χ3n) is 2.37. The average molecular weight is 249 g/mol. The highest BCUT2D eigenvalue weighted by Crippen LogP contribution is 2.25. The van der Waals surface area contributed by atoms with Gasteiger partial charge in [-0.05, 0) is 24.6 Å². The fourth-order valence-corrected chi connectivity index (χ4v) is 1.68. The lowest BCUT2D eigenvalue weighted by atomic mass is 10.0. The van der Waals surface area contributed by atoms with E-state index in [1.54, 1.807) is 19.1 Å². The zero-order valence-electron chi connectivity index (χ0n) is 10.4. The zero-order valence-corrected chi connectivity index (χ0v) is 10.4. The Labute approximate surface area is 106 Å². The molecule has 1 aromatic rings. The molecular weight excluding hydrogens is 234 g/mol. The standard InChI is InChI=1S/C13H15NO4/c1-3-18-12(16)6-9-4-10(7-14)13(17-2)11(5-9)8-15/h4-5,15H,3,6,8H2,1-2H3. The van der Waals surface area contributed by atoms with Crippen LogP contribution < -0.4 is 4.74 Å². The first-order chi connectivity index (χ1) is 8.65. The van der Waals surface area contributed by atoms with Crippen molar-refractivity contribution in [3.05, 3.63) is 28.8 Å². The molecule has 5 heteroatoms. The zero-order chi connectivity index (χ0) is 13.5. The summed E-state index contributed by atoms with van der Waals surface area (Å²) >= 11 is 0. The van der Waals surface area contributed by atoms with Gasteiger partial charge in [-0.15, -0.1) is 0 Å². The summed E-state index contributed by atoms with van der Waals surface area (Å²) in [6.45, 7) is 1.78. The van der Waals surface area contributed by atoms with Crippen LogP contribution in [0.2, 0.25) is 0 Å². The molecule has 0 spiro atoms. The van der Waals surface area contributed by atoms with Crippen molar-refractivity contribution in [3.8, 4) is 11.8 Å². The number of nitriles is 1. The summed E-state index contributed by atoms with van der Waals surface area (Å²) in [6.07, 6.45) is 0.0690. The fourth-order valence-electron chi connectivity index (χ4n) is 1.68. The SMILES string of the molecule is CCOC(=O)Cc1cc(C#N)c(OC)c(CO)c1. The number of hydrogen-bond acceptors (Lipinski definition) is 5. The van der Waals surface area contributed by atoms with Gasteiger partial charge in [-0.3, -0.25) is 4.79 Å². The highest BCUT2D eigenvalue weighted by atomic mass is 16.5. The van der Waals surface area contributed by atoms with E-state index in [4.69, 9.17) is 14.7 Å². The molecule has 0 saturated heterocycles. The molecule has 0 heterocycles. The van der Waals surface area contributed by atoms with Crippen molar-refractivity contribution < 1.29 is 19.4 Å². The lowest BCUT2D eigenvalue weighted by Gasteiger charge is -2.10. The van der Waals surface area contributed by atoms with Crippen molar-refractivity contribution in [2.75, 3.05) is 13.7 Å². The van der Waals surface area contributed by atoms with Gasteiger partial charge in [0.05, 0.1) is 32.3 Å². The van der Waals surface area contributed by atoms with Gasteiger partial charge in [0.1, 0.15) is 11.8 Å². The van der Waals surface area contributed by atoms with Crippen LogP contribution in [0.1, 0.15) is 23.6 Å². The molecule has 18 heavy (non-hydrogen) atoms. The second kappa shape index (κ2) is 6.62. The summed E-state index contributed by atoms with van der Waals surface area (Å²) in [5, 5.41) is 18.2. The Morgan fingerprint density at radius 3 is 2.72 bits per heavy atom. The highest BCUT2D eigenvalue weighted by Gasteiger charge is 2.13. The fraction of sp³-hybridized carbons (Fsp3) is 0.385. The van der Waals surface area contributed by atoms with E-state index in [-0.39, 0.29) is 19.0 Å². The second-order valence-electron chi connectivity index (χ2n) is 3.59. The molecule has 96 valence electrons. The van der Waals surface area contributed by atoms with Crippen LogP contribution in [-0.4, -0.2) is 24.8 Å². The van der Waals surface area contributed by atoms with E-state index in [0.717, 1.165) is 0 Å². The lowest BCUT2D eigenvalue weighted by Crippen LogP contribution is -2.08. The van der Waals surface area contributed by atoms with Gasteiger partial charge in [-0.25, -0.2) is 0 Å². The third kappa shape index (κ3) is 3.22. The average Bonchev–Trinajstić information content (AvgIpc) is 2.37. The van der Waals surface area contributed by atoms with Crippen LogP contribution >= 0.6 is 0 Å². The van der Waals surface area contributed by atoms with Crippen molar-refractivity contribution in [2.45, 2.75) is 20.0 Å². The molecule has 0 fully saturated rings. The summed E-state index contributed by atoms with van der Waals surface area (Å²) in [4.78, 5) is 11.4. The molecule has 0 aliphatic carbocycles. The van der Waals surface area contributed by atoms with E-state index < -0.39 is 0 Å². The van der Waals surface area contributed by atoms with Crippen molar-refractivity contribution in [3.63, 3.8) is 0 Å². The van der Waals surface area contributed by atoms with Crippen molar-refractivity contribution in [2.24, 2.45) is 0 Å². The van der Waals surface area contributed by atoms with Gasteiger partial charge in [-0.2, -0.15) is 5.26 Å². The minimum absolute atomic E-state index is 0.0690. The van der Waals surface area contributed by atoms with Gasteiger partial charge in [-0.1, -0.05) is 0 Å². The number of methoxy groups -OCH3 is 1. The van der Waals surface area contributed by atoms with E-state index >= 15 is 0 Å². The molecule has 0 aromatic heterocycles. The predicted molar refractivity (Wildman–Crippen MR) is 64.0 cm³/mol. The molecule has 0 bridgehead atoms. The molecule has 0 aliphatic rings. The molecule has 0 aliphatic heterocycles. The molecule has 0 atom stereocenters. The Hall–Kier alpha value is -2.06. The number of carbonyl (C=O) groups is 1. The highest BCUT2D eigenvalue weighted by molar-refractivity contribution is 5.73. The Balaban J connectivity index is 3.08. The molecule has 0 amide bonds. The number of hydrogen-bond donors (Lipinski definition) is 1. The molecule has 1 aromatic carbocycles. The summed E-state index contributed by atoms with van der Waals surface area (Å²) < 4.78 is 9.90. The number of aliphatic hydroxyl groups excluding tert-OH is 1. The van der Waals surface area contributed by atoms with Gasteiger partial charge in [0.2, 0.25) is 0 Å². The Kier molecular flexibility index (Phi) is 5.15. The predicted octanol–water partition coefficient (Wildman–Crippen LogP) is 1.16. The molecule has 0 unspecified atom stereocenters. The first-order valence-electron chi connectivity index (χ1n) is 5.52. The summed E-state index contributed by atoms with van der Waals surface area (Å²) in [5.41, 5.74) is 1.40. The quantitative estimate of drug-likeness (QED) is 0.792. The largest absolute Gasteiger partial charge is 0.495 e. The van der Waals surface area contributed by atoms with E-state index in [0.29, 0.717) is 29.0 Å². The summed E-state index contributed by atoms with van der Waals surface area (Å²) in [5.74, 6) is -0.0249. The van der Waals surface area contributed by atoms with Crippen LogP contribution in [0.5, 0.6) is 5.75 Å². The Morgan fingerprint density at radius 2 is 2.22 bits per heavy atom. The molecular formula is C13H15NO4. The van der Waals surface area contributed by atoms with Crippen LogP contribution in [0.15, 0.2) is 12.1 Å². The second-order valence-corrected chi connectivity index (χ2v) is 3.59. The lowest BCUT2D eigenvalue weighted by molar-refractivity contribution is -0.142. The normalized spacial score (nSPS) is 9.67. The van der Waals surface area contributed by atoms with Gasteiger partial charge in [0.25, 0.3) is 0 Å². The summed E-state index contributed by atoms with van der Waals surface area (Å²) in [7, 11) is 1.43. The van der Waals surface area contributed by atoms with E-state index in [9.17, 15) is 9.90 Å². The number of benzene rings is 1. The first-order valence-corrected chi connectivity index (χ1v) is 5.52. The van der Waals surface area contributed by atoms with E-state index in [1.807, 2.05) is 6.07 Å². The number of esters is 1. The number of rotatable bonds is 5. The van der Waals surface area contributed by atoms with Crippen LogP contribution in [0.4, 0.5) is 0 Å². The number of aliphatic hydroxyl groups is 1. The van der Waals surface area contributed by atoms with E-state index in [1.165, 1.54) is 7.11 Å². The van der Waals surface area contributed by atoms with Crippen LogP contribution in [0.25, 0.3) is 0 Å². The van der Waals surface area contributed by atoms with Crippen molar-refractivity contribution >= 4 is 5.97 Å². The van der Waals surface area contributed by atoms with Crippen LogP contribution in [0, 0.1) is 11.3 Å². The van der Waals surface area contributed by atoms with Crippen LogP contribution in [-0.2, 0) is 22.6 Å². The first kappa shape index (κ1) is 14.0. The number of carbonyl (C=O) groups excluding carboxylic acids is 1. The molecule has 1 rings (SSSR count). The van der Waals surface area contributed by atoms with Gasteiger partial charge < -0.3 is 14.6 Å². The minimum Gasteiger partial charge on any atom is -0.495 e. The maximum atomic E-state index is 11.4. The van der Waals surface area contributed by atoms with Crippen LogP contribution in [0.3, 0.4) is 0 Å². The van der Waals surface area contributed by atoms with Gasteiger partial charge >= 0.3 is 5.97 Å². The summed E-state index contributed by atoms with van der Waals surface area (Å²) in [6, 6.07) is 5.18. The molecule has 5 nitrogen and oxygen atoms in total. The number of nitrogens with zero attached hydrogens (tertiary/aromatic N) is 1. The van der Waals surface area contributed by atoms with E-state index in [2.05, 4.69) is 0 Å². The molecule has 0 radical (unpaired) electrons. The third-order valence-corrected chi connectivity index (χ3v) is 2.37.